The second kappa shape index (κ2) is 10.7. The number of fused-ring (bicyclic) bond motifs is 1. The van der Waals surface area contributed by atoms with Crippen LogP contribution in [0, 0.1) is 13.8 Å². The highest BCUT2D eigenvalue weighted by Crippen LogP contribution is 2.34. The van der Waals surface area contributed by atoms with E-state index < -0.39 is 11.8 Å². The Balaban J connectivity index is 1.28. The van der Waals surface area contributed by atoms with Crippen LogP contribution in [0.4, 0.5) is 5.69 Å². The van der Waals surface area contributed by atoms with Crippen molar-refractivity contribution in [2.45, 2.75) is 29.7 Å². The molecular weight excluding hydrogens is 470 g/mol. The highest BCUT2D eigenvalue weighted by atomic mass is 32.2. The quantitative estimate of drug-likeness (QED) is 0.308. The van der Waals surface area contributed by atoms with Crippen LogP contribution < -0.4 is 15.8 Å². The molecule has 1 aliphatic heterocycles. The fraction of sp³-hybridized carbons (Fsp3) is 0.208. The largest absolute Gasteiger partial charge is 0.301 e. The van der Waals surface area contributed by atoms with Crippen molar-refractivity contribution in [1.29, 1.82) is 0 Å². The van der Waals surface area contributed by atoms with Crippen LogP contribution in [0.5, 0.6) is 0 Å². The second-order valence-electron chi connectivity index (χ2n) is 7.66. The van der Waals surface area contributed by atoms with Gasteiger partial charge >= 0.3 is 0 Å². The van der Waals surface area contributed by atoms with E-state index in [9.17, 15) is 14.4 Å². The van der Waals surface area contributed by atoms with Gasteiger partial charge in [-0.3, -0.25) is 25.2 Å². The first-order chi connectivity index (χ1) is 16.4. The highest BCUT2D eigenvalue weighted by Gasteiger charge is 2.26. The van der Waals surface area contributed by atoms with Gasteiger partial charge < -0.3 is 4.90 Å². The number of carbonyl (C=O) groups is 3. The molecule has 0 saturated heterocycles. The molecule has 1 aliphatic rings. The lowest BCUT2D eigenvalue weighted by Gasteiger charge is -2.28. The monoisotopic (exact) mass is 493 g/mol. The minimum Gasteiger partial charge on any atom is -0.301 e. The number of anilines is 1. The lowest BCUT2D eigenvalue weighted by atomic mass is 10.1. The summed E-state index contributed by atoms with van der Waals surface area (Å²) < 4.78 is 0. The van der Waals surface area contributed by atoms with Crippen molar-refractivity contribution in [1.82, 2.24) is 20.8 Å². The lowest BCUT2D eigenvalue weighted by molar-refractivity contribution is -0.123. The number of hydrazine groups is 1. The predicted molar refractivity (Wildman–Crippen MR) is 133 cm³/mol. The number of aryl methyl sites for hydroxylation is 2. The molecule has 2 N–H and O–H groups in total. The number of hydrogen-bond acceptors (Lipinski definition) is 7. The van der Waals surface area contributed by atoms with Crippen molar-refractivity contribution in [3.63, 3.8) is 0 Å². The van der Waals surface area contributed by atoms with Gasteiger partial charge in [0.15, 0.2) is 5.16 Å². The topological polar surface area (TPSA) is 104 Å². The number of para-hydroxylation sites is 1. The molecule has 1 aromatic heterocycles. The van der Waals surface area contributed by atoms with E-state index in [1.165, 1.54) is 28.4 Å². The van der Waals surface area contributed by atoms with Crippen LogP contribution in [0.15, 0.2) is 64.6 Å². The van der Waals surface area contributed by atoms with Gasteiger partial charge in [0.05, 0.1) is 11.4 Å². The number of aromatic nitrogens is 2. The minimum absolute atomic E-state index is 0.148. The molecule has 8 nitrogen and oxygen atoms in total. The van der Waals surface area contributed by atoms with Gasteiger partial charge in [0.25, 0.3) is 11.8 Å². The number of nitrogens with one attached hydrogen (secondary N) is 2. The Hall–Kier alpha value is -3.37. The SMILES string of the molecule is Cc1cc(C)nc(SCc2ccc(C(=O)NNC(=O)CN3C(=O)CSc4ccccc43)cc2)n1. The average molecular weight is 494 g/mol. The van der Waals surface area contributed by atoms with Crippen molar-refractivity contribution >= 4 is 46.9 Å². The maximum absolute atomic E-state index is 12.4. The maximum Gasteiger partial charge on any atom is 0.269 e. The fourth-order valence-electron chi connectivity index (χ4n) is 3.37. The molecular formula is C24H23N5O3S2. The van der Waals surface area contributed by atoms with E-state index in [2.05, 4.69) is 20.8 Å². The summed E-state index contributed by atoms with van der Waals surface area (Å²) in [5, 5.41) is 0.718. The van der Waals surface area contributed by atoms with E-state index in [0.29, 0.717) is 17.0 Å². The van der Waals surface area contributed by atoms with E-state index in [4.69, 9.17) is 0 Å². The van der Waals surface area contributed by atoms with Crippen molar-refractivity contribution in [2.75, 3.05) is 17.2 Å². The third-order valence-electron chi connectivity index (χ3n) is 4.97. The molecule has 174 valence electrons. The Labute approximate surface area is 205 Å². The van der Waals surface area contributed by atoms with Crippen LogP contribution in [0.3, 0.4) is 0 Å². The Morgan fingerprint density at radius 3 is 2.47 bits per heavy atom. The van der Waals surface area contributed by atoms with Crippen LogP contribution in [-0.4, -0.2) is 40.0 Å². The molecule has 2 heterocycles. The molecule has 2 aromatic carbocycles. The second-order valence-corrected chi connectivity index (χ2v) is 9.62. The standard InChI is InChI=1S/C24H23N5O3S2/c1-15-11-16(2)26-24(25-15)34-13-17-7-9-18(10-8-17)23(32)28-27-21(30)12-29-19-5-3-4-6-20(19)33-14-22(29)31/h3-11H,12-14H2,1-2H3,(H,27,30)(H,28,32). The number of nitrogens with zero attached hydrogens (tertiary/aromatic N) is 3. The molecule has 3 aromatic rings. The van der Waals surface area contributed by atoms with Gasteiger partial charge in [-0.25, -0.2) is 9.97 Å². The summed E-state index contributed by atoms with van der Waals surface area (Å²) in [6.45, 7) is 3.70. The molecule has 0 bridgehead atoms. The normalized spacial score (nSPS) is 12.8. The Kier molecular flexibility index (Phi) is 7.49. The van der Waals surface area contributed by atoms with Crippen LogP contribution in [-0.2, 0) is 15.3 Å². The fourth-order valence-corrected chi connectivity index (χ4v) is 5.21. The zero-order valence-corrected chi connectivity index (χ0v) is 20.3. The third-order valence-corrected chi connectivity index (χ3v) is 6.94. The van der Waals surface area contributed by atoms with Crippen molar-refractivity contribution < 1.29 is 14.4 Å². The molecule has 4 rings (SSSR count). The number of benzene rings is 2. The molecule has 0 unspecified atom stereocenters. The first-order valence-electron chi connectivity index (χ1n) is 10.5. The molecule has 3 amide bonds. The van der Waals surface area contributed by atoms with Gasteiger partial charge in [-0.05, 0) is 49.7 Å². The predicted octanol–water partition coefficient (Wildman–Crippen LogP) is 3.29. The molecule has 0 saturated carbocycles. The van der Waals surface area contributed by atoms with Crippen LogP contribution in [0.2, 0.25) is 0 Å². The zero-order chi connectivity index (χ0) is 24.1. The number of hydrogen-bond donors (Lipinski definition) is 2. The van der Waals surface area contributed by atoms with Crippen LogP contribution >= 0.6 is 23.5 Å². The molecule has 34 heavy (non-hydrogen) atoms. The highest BCUT2D eigenvalue weighted by molar-refractivity contribution is 8.00. The van der Waals surface area contributed by atoms with Gasteiger partial charge in [-0.15, -0.1) is 11.8 Å². The van der Waals surface area contributed by atoms with E-state index in [1.807, 2.05) is 50.2 Å². The summed E-state index contributed by atoms with van der Waals surface area (Å²) in [4.78, 5) is 48.3. The van der Waals surface area contributed by atoms with E-state index in [-0.39, 0.29) is 18.2 Å². The summed E-state index contributed by atoms with van der Waals surface area (Å²) in [6.07, 6.45) is 0. The molecule has 10 heteroatoms. The Bertz CT molecular complexity index is 1210. The van der Waals surface area contributed by atoms with Crippen molar-refractivity contribution in [2.24, 2.45) is 0 Å². The molecule has 0 fully saturated rings. The number of amides is 3. The first-order valence-corrected chi connectivity index (χ1v) is 12.5. The lowest BCUT2D eigenvalue weighted by Crippen LogP contribution is -2.48. The van der Waals surface area contributed by atoms with E-state index >= 15 is 0 Å². The summed E-state index contributed by atoms with van der Waals surface area (Å²) >= 11 is 2.98. The zero-order valence-electron chi connectivity index (χ0n) is 18.7. The van der Waals surface area contributed by atoms with E-state index in [1.54, 1.807) is 18.2 Å². The van der Waals surface area contributed by atoms with Crippen LogP contribution in [0.1, 0.15) is 27.3 Å². The van der Waals surface area contributed by atoms with Crippen molar-refractivity contribution in [3.8, 4) is 0 Å². The summed E-state index contributed by atoms with van der Waals surface area (Å²) in [6, 6.07) is 16.5. The summed E-state index contributed by atoms with van der Waals surface area (Å²) in [5.74, 6) is -0.122. The number of carbonyl (C=O) groups excluding carboxylic acids is 3. The summed E-state index contributed by atoms with van der Waals surface area (Å²) in [7, 11) is 0. The number of rotatable bonds is 6. The van der Waals surface area contributed by atoms with Crippen molar-refractivity contribution in [3.05, 3.63) is 77.1 Å². The Morgan fingerprint density at radius 2 is 1.74 bits per heavy atom. The van der Waals surface area contributed by atoms with Gasteiger partial charge in [0.2, 0.25) is 5.91 Å². The molecule has 0 aliphatic carbocycles. The summed E-state index contributed by atoms with van der Waals surface area (Å²) in [5.41, 5.74) is 8.79. The maximum atomic E-state index is 12.4. The van der Waals surface area contributed by atoms with Gasteiger partial charge in [-0.2, -0.15) is 0 Å². The van der Waals surface area contributed by atoms with Gasteiger partial charge in [-0.1, -0.05) is 36.0 Å². The van der Waals surface area contributed by atoms with Gasteiger partial charge in [0.1, 0.15) is 6.54 Å². The van der Waals surface area contributed by atoms with Gasteiger partial charge in [0, 0.05) is 27.6 Å². The third kappa shape index (κ3) is 5.95. The smallest absolute Gasteiger partial charge is 0.269 e. The number of thioether (sulfide) groups is 2. The van der Waals surface area contributed by atoms with Crippen LogP contribution in [0.25, 0.3) is 0 Å². The molecule has 0 spiro atoms. The average Bonchev–Trinajstić information content (AvgIpc) is 2.83. The molecule has 0 radical (unpaired) electrons. The Morgan fingerprint density at radius 1 is 1.03 bits per heavy atom. The minimum atomic E-state index is -0.482. The van der Waals surface area contributed by atoms with E-state index in [0.717, 1.165) is 27.0 Å². The molecule has 0 atom stereocenters. The first kappa shape index (κ1) is 23.8.